The zero-order chi connectivity index (χ0) is 24.2. The van der Waals surface area contributed by atoms with Crippen LogP contribution in [-0.2, 0) is 26.1 Å². The number of halogens is 3. The molecule has 1 heterocycles. The minimum atomic E-state index is -4.17. The molecule has 0 saturated carbocycles. The molecule has 0 amide bonds. The number of carbonyl (C=O) groups excluding carboxylic acids is 1. The van der Waals surface area contributed by atoms with Crippen LogP contribution in [0.3, 0.4) is 0 Å². The second-order valence-electron chi connectivity index (χ2n) is 8.85. The molecule has 8 heteroatoms. The molecule has 1 aliphatic heterocycles. The molecule has 1 fully saturated rings. The van der Waals surface area contributed by atoms with E-state index >= 15 is 0 Å². The molecule has 2 aromatic rings. The van der Waals surface area contributed by atoms with Gasteiger partial charge in [-0.2, -0.15) is 13.2 Å². The van der Waals surface area contributed by atoms with Crippen LogP contribution in [0.5, 0.6) is 11.5 Å². The van der Waals surface area contributed by atoms with E-state index in [2.05, 4.69) is 0 Å². The predicted octanol–water partition coefficient (Wildman–Crippen LogP) is 5.70. The van der Waals surface area contributed by atoms with Crippen molar-refractivity contribution in [2.24, 2.45) is 0 Å². The Labute approximate surface area is 197 Å². The normalized spacial score (nSPS) is 18.6. The van der Waals surface area contributed by atoms with E-state index in [1.54, 1.807) is 13.0 Å². The van der Waals surface area contributed by atoms with E-state index in [9.17, 15) is 18.0 Å². The number of hydrogen-bond donors (Lipinski definition) is 0. The molecular formula is C26H29F3O5. The summed E-state index contributed by atoms with van der Waals surface area (Å²) in [6.45, 7) is 3.12. The fourth-order valence-corrected chi connectivity index (χ4v) is 4.48. The van der Waals surface area contributed by atoms with Gasteiger partial charge >= 0.3 is 12.1 Å². The molecule has 0 N–H and O–H groups in total. The summed E-state index contributed by atoms with van der Waals surface area (Å²) in [6, 6.07) is 13.4. The van der Waals surface area contributed by atoms with E-state index in [4.69, 9.17) is 18.9 Å². The first kappa shape index (κ1) is 24.4. The minimum absolute atomic E-state index is 0.0164. The van der Waals surface area contributed by atoms with E-state index in [1.165, 1.54) is 0 Å². The van der Waals surface area contributed by atoms with Gasteiger partial charge in [-0.3, -0.25) is 4.79 Å². The molecule has 0 bridgehead atoms. The quantitative estimate of drug-likeness (QED) is 0.324. The highest BCUT2D eigenvalue weighted by atomic mass is 19.4. The maximum absolute atomic E-state index is 12.3. The van der Waals surface area contributed by atoms with Crippen molar-refractivity contribution in [3.05, 3.63) is 59.2 Å². The first-order chi connectivity index (χ1) is 16.3. The molecule has 0 spiro atoms. The van der Waals surface area contributed by atoms with Crippen molar-refractivity contribution in [2.75, 3.05) is 26.4 Å². The smallest absolute Gasteiger partial charge is 0.389 e. The average Bonchev–Trinajstić information content (AvgIpc) is 3.16. The third-order valence-corrected chi connectivity index (χ3v) is 6.30. The molecule has 1 unspecified atom stereocenters. The van der Waals surface area contributed by atoms with Gasteiger partial charge in [-0.15, -0.1) is 0 Å². The molecule has 1 aliphatic carbocycles. The summed E-state index contributed by atoms with van der Waals surface area (Å²) in [5.41, 5.74) is 2.82. The Kier molecular flexibility index (Phi) is 7.36. The Morgan fingerprint density at radius 2 is 1.85 bits per heavy atom. The fraction of sp³-hybridized carbons (Fsp3) is 0.500. The Bertz CT molecular complexity index is 983. The summed E-state index contributed by atoms with van der Waals surface area (Å²) < 4.78 is 59.3. The topological polar surface area (TPSA) is 54.0 Å². The summed E-state index contributed by atoms with van der Waals surface area (Å²) >= 11 is 0. The van der Waals surface area contributed by atoms with Gasteiger partial charge in [0.2, 0.25) is 0 Å². The number of alkyl halides is 3. The lowest BCUT2D eigenvalue weighted by Gasteiger charge is -2.41. The molecule has 184 valence electrons. The van der Waals surface area contributed by atoms with Crippen LogP contribution in [0.4, 0.5) is 13.2 Å². The van der Waals surface area contributed by atoms with Crippen LogP contribution in [0.15, 0.2) is 42.5 Å². The first-order valence-corrected chi connectivity index (χ1v) is 11.6. The van der Waals surface area contributed by atoms with E-state index < -0.39 is 12.6 Å². The third-order valence-electron chi connectivity index (χ3n) is 6.30. The molecule has 0 aromatic heterocycles. The number of hydrogen-bond acceptors (Lipinski definition) is 5. The van der Waals surface area contributed by atoms with Gasteiger partial charge < -0.3 is 18.9 Å². The molecule has 5 nitrogen and oxygen atoms in total. The Balaban J connectivity index is 1.37. The molecule has 2 aromatic carbocycles. The van der Waals surface area contributed by atoms with Gasteiger partial charge in [0.25, 0.3) is 0 Å². The molecule has 2 aliphatic rings. The van der Waals surface area contributed by atoms with Crippen molar-refractivity contribution in [1.82, 2.24) is 0 Å². The molecule has 1 saturated heterocycles. The lowest BCUT2D eigenvalue weighted by atomic mass is 9.76. The Morgan fingerprint density at radius 1 is 1.12 bits per heavy atom. The van der Waals surface area contributed by atoms with Gasteiger partial charge in [0.15, 0.2) is 0 Å². The standard InChI is InChI=1S/C26H29F3O5/c1-2-32-24(30)15-25(16-31-17-25)19-6-9-20(10-7-19)34-23-11-5-18-4-8-21(14-22(18)23)33-13-3-12-26(27,28)29/h4,6-10,14,23H,2-3,5,11-13,15-17H2,1H3. The fourth-order valence-electron chi connectivity index (χ4n) is 4.48. The van der Waals surface area contributed by atoms with Crippen LogP contribution in [-0.4, -0.2) is 38.6 Å². The highest BCUT2D eigenvalue weighted by Gasteiger charge is 2.42. The molecular weight excluding hydrogens is 449 g/mol. The van der Waals surface area contributed by atoms with E-state index in [0.29, 0.717) is 31.3 Å². The number of benzene rings is 2. The van der Waals surface area contributed by atoms with Gasteiger partial charge in [0.1, 0.15) is 17.6 Å². The Hall–Kier alpha value is -2.74. The van der Waals surface area contributed by atoms with Crippen molar-refractivity contribution in [1.29, 1.82) is 0 Å². The van der Waals surface area contributed by atoms with Gasteiger partial charge in [0.05, 0.1) is 38.3 Å². The van der Waals surface area contributed by atoms with Crippen molar-refractivity contribution in [3.63, 3.8) is 0 Å². The molecule has 34 heavy (non-hydrogen) atoms. The minimum Gasteiger partial charge on any atom is -0.494 e. The summed E-state index contributed by atoms with van der Waals surface area (Å²) in [4.78, 5) is 12.0. The van der Waals surface area contributed by atoms with Crippen LogP contribution in [0.2, 0.25) is 0 Å². The number of fused-ring (bicyclic) bond motifs is 1. The second-order valence-corrected chi connectivity index (χ2v) is 8.85. The second kappa shape index (κ2) is 10.3. The summed E-state index contributed by atoms with van der Waals surface area (Å²) in [6.07, 6.45) is -3.28. The molecule has 4 rings (SSSR count). The van der Waals surface area contributed by atoms with E-state index in [-0.39, 0.29) is 36.9 Å². The highest BCUT2D eigenvalue weighted by Crippen LogP contribution is 2.39. The number of rotatable bonds is 10. The van der Waals surface area contributed by atoms with E-state index in [1.807, 2.05) is 36.4 Å². The SMILES string of the molecule is CCOC(=O)CC1(c2ccc(OC3CCc4ccc(OCCCC(F)(F)F)cc43)cc2)COC1. The summed E-state index contributed by atoms with van der Waals surface area (Å²) in [5, 5.41) is 0. The molecule has 1 atom stereocenters. The van der Waals surface area contributed by atoms with Crippen molar-refractivity contribution >= 4 is 5.97 Å². The lowest BCUT2D eigenvalue weighted by molar-refractivity contribution is -0.151. The van der Waals surface area contributed by atoms with Crippen LogP contribution >= 0.6 is 0 Å². The van der Waals surface area contributed by atoms with Crippen LogP contribution < -0.4 is 9.47 Å². The first-order valence-electron chi connectivity index (χ1n) is 11.6. The van der Waals surface area contributed by atoms with Crippen molar-refractivity contribution in [2.45, 2.75) is 56.7 Å². The highest BCUT2D eigenvalue weighted by molar-refractivity contribution is 5.72. The van der Waals surface area contributed by atoms with Crippen molar-refractivity contribution < 1.29 is 36.9 Å². The third kappa shape index (κ3) is 5.84. The predicted molar refractivity (Wildman–Crippen MR) is 119 cm³/mol. The zero-order valence-electron chi connectivity index (χ0n) is 19.2. The van der Waals surface area contributed by atoms with E-state index in [0.717, 1.165) is 29.5 Å². The van der Waals surface area contributed by atoms with Gasteiger partial charge in [-0.25, -0.2) is 0 Å². The maximum Gasteiger partial charge on any atom is 0.389 e. The van der Waals surface area contributed by atoms with Gasteiger partial charge in [-0.1, -0.05) is 18.2 Å². The zero-order valence-corrected chi connectivity index (χ0v) is 19.2. The Morgan fingerprint density at radius 3 is 2.50 bits per heavy atom. The monoisotopic (exact) mass is 478 g/mol. The van der Waals surface area contributed by atoms with Crippen molar-refractivity contribution in [3.8, 4) is 11.5 Å². The summed E-state index contributed by atoms with van der Waals surface area (Å²) in [7, 11) is 0. The number of esters is 1. The van der Waals surface area contributed by atoms with Gasteiger partial charge in [-0.05, 0) is 67.1 Å². The van der Waals surface area contributed by atoms with Crippen LogP contribution in [0.25, 0.3) is 0 Å². The van der Waals surface area contributed by atoms with Gasteiger partial charge in [0, 0.05) is 6.42 Å². The number of ether oxygens (including phenoxy) is 4. The number of carbonyl (C=O) groups is 1. The van der Waals surface area contributed by atoms with Crippen LogP contribution in [0.1, 0.15) is 55.4 Å². The average molecular weight is 479 g/mol. The lowest BCUT2D eigenvalue weighted by Crippen LogP contribution is -2.48. The number of aryl methyl sites for hydroxylation is 1. The maximum atomic E-state index is 12.3. The summed E-state index contributed by atoms with van der Waals surface area (Å²) in [5.74, 6) is 1.03. The largest absolute Gasteiger partial charge is 0.494 e. The van der Waals surface area contributed by atoms with Crippen LogP contribution in [0, 0.1) is 0 Å². The molecule has 0 radical (unpaired) electrons.